The minimum absolute atomic E-state index is 0. The molecule has 2 saturated heterocycles. The molecule has 5 nitrogen and oxygen atoms in total. The quantitative estimate of drug-likeness (QED) is 0.271. The highest BCUT2D eigenvalue weighted by Gasteiger charge is 2.21. The zero-order valence-corrected chi connectivity index (χ0v) is 18.8. The van der Waals surface area contributed by atoms with Crippen molar-refractivity contribution in [3.63, 3.8) is 0 Å². The second kappa shape index (κ2) is 13.1. The maximum Gasteiger partial charge on any atom is 0.193 e. The van der Waals surface area contributed by atoms with Gasteiger partial charge in [-0.2, -0.15) is 0 Å². The van der Waals surface area contributed by atoms with E-state index in [-0.39, 0.29) is 24.0 Å². The number of hydrogen-bond acceptors (Lipinski definition) is 3. The highest BCUT2D eigenvalue weighted by molar-refractivity contribution is 14.0. The van der Waals surface area contributed by atoms with Gasteiger partial charge in [0.1, 0.15) is 0 Å². The van der Waals surface area contributed by atoms with Crippen LogP contribution in [-0.2, 0) is 4.74 Å². The van der Waals surface area contributed by atoms with E-state index in [9.17, 15) is 0 Å². The summed E-state index contributed by atoms with van der Waals surface area (Å²) in [5.74, 6) is 1.10. The van der Waals surface area contributed by atoms with Crippen LogP contribution in [0.2, 0.25) is 0 Å². The summed E-state index contributed by atoms with van der Waals surface area (Å²) in [5.41, 5.74) is 0. The molecule has 148 valence electrons. The number of ether oxygens (including phenoxy) is 1. The van der Waals surface area contributed by atoms with Crippen molar-refractivity contribution in [3.05, 3.63) is 0 Å². The minimum Gasteiger partial charge on any atom is -0.378 e. The van der Waals surface area contributed by atoms with Gasteiger partial charge in [0.05, 0.1) is 6.10 Å². The predicted molar refractivity (Wildman–Crippen MR) is 117 cm³/mol. The first-order valence-electron chi connectivity index (χ1n) is 10.1. The van der Waals surface area contributed by atoms with E-state index in [1.807, 2.05) is 0 Å². The number of nitrogens with zero attached hydrogens (tertiary/aromatic N) is 3. The Kier molecular flexibility index (Phi) is 12.1. The molecular weight excluding hydrogens is 427 g/mol. The number of nitrogens with one attached hydrogen (secondary N) is 1. The number of aliphatic imine (C=N–C) groups is 1. The molecule has 2 fully saturated rings. The van der Waals surface area contributed by atoms with Crippen LogP contribution < -0.4 is 5.32 Å². The summed E-state index contributed by atoms with van der Waals surface area (Å²) < 4.78 is 5.75. The highest BCUT2D eigenvalue weighted by atomic mass is 127. The molecule has 2 aliphatic heterocycles. The van der Waals surface area contributed by atoms with E-state index >= 15 is 0 Å². The fourth-order valence-corrected chi connectivity index (χ4v) is 3.84. The van der Waals surface area contributed by atoms with E-state index in [1.54, 1.807) is 0 Å². The second-order valence-electron chi connectivity index (χ2n) is 7.11. The van der Waals surface area contributed by atoms with E-state index < -0.39 is 0 Å². The monoisotopic (exact) mass is 466 g/mol. The smallest absolute Gasteiger partial charge is 0.193 e. The van der Waals surface area contributed by atoms with Gasteiger partial charge in [0.2, 0.25) is 0 Å². The average Bonchev–Trinajstić information content (AvgIpc) is 2.60. The molecule has 2 rings (SSSR count). The van der Waals surface area contributed by atoms with Crippen molar-refractivity contribution in [2.45, 2.75) is 71.4 Å². The highest BCUT2D eigenvalue weighted by Crippen LogP contribution is 2.16. The molecule has 1 N–H and O–H groups in total. The van der Waals surface area contributed by atoms with Crippen LogP contribution in [0, 0.1) is 0 Å². The first kappa shape index (κ1) is 23.0. The standard InChI is InChI=1S/C19H38N4O.HI/c1-4-20-19(23-15-10-18(11-16-23)24-5-2)21-12-8-14-22-13-7-6-9-17(22)3;/h17-18H,4-16H2,1-3H3,(H,20,21);1H. The molecule has 0 aromatic heterocycles. The molecule has 2 aliphatic rings. The van der Waals surface area contributed by atoms with E-state index in [2.05, 4.69) is 35.9 Å². The zero-order chi connectivity index (χ0) is 17.2. The first-order chi connectivity index (χ1) is 11.7. The fraction of sp³-hybridized carbons (Fsp3) is 0.947. The van der Waals surface area contributed by atoms with E-state index in [1.165, 1.54) is 32.4 Å². The molecule has 0 aliphatic carbocycles. The van der Waals surface area contributed by atoms with Gasteiger partial charge in [-0.05, 0) is 59.4 Å². The number of piperidine rings is 2. The van der Waals surface area contributed by atoms with Gasteiger partial charge < -0.3 is 19.9 Å². The summed E-state index contributed by atoms with van der Waals surface area (Å²) in [4.78, 5) is 9.93. The summed E-state index contributed by atoms with van der Waals surface area (Å²) in [7, 11) is 0. The lowest BCUT2D eigenvalue weighted by atomic mass is 10.0. The second-order valence-corrected chi connectivity index (χ2v) is 7.11. The van der Waals surface area contributed by atoms with Crippen molar-refractivity contribution in [1.29, 1.82) is 0 Å². The number of hydrogen-bond donors (Lipinski definition) is 1. The van der Waals surface area contributed by atoms with Gasteiger partial charge in [0, 0.05) is 45.4 Å². The van der Waals surface area contributed by atoms with Crippen LogP contribution in [0.4, 0.5) is 0 Å². The van der Waals surface area contributed by atoms with Crippen molar-refractivity contribution in [1.82, 2.24) is 15.1 Å². The van der Waals surface area contributed by atoms with Gasteiger partial charge in [-0.25, -0.2) is 0 Å². The predicted octanol–water partition coefficient (Wildman–Crippen LogP) is 3.34. The lowest BCUT2D eigenvalue weighted by Gasteiger charge is -2.34. The van der Waals surface area contributed by atoms with Crippen molar-refractivity contribution >= 4 is 29.9 Å². The third-order valence-electron chi connectivity index (χ3n) is 5.28. The Morgan fingerprint density at radius 1 is 1.12 bits per heavy atom. The molecule has 1 unspecified atom stereocenters. The Bertz CT molecular complexity index is 372. The number of rotatable bonds is 7. The first-order valence-corrected chi connectivity index (χ1v) is 10.1. The van der Waals surface area contributed by atoms with Crippen LogP contribution in [0.15, 0.2) is 4.99 Å². The van der Waals surface area contributed by atoms with Crippen LogP contribution >= 0.6 is 24.0 Å². The summed E-state index contributed by atoms with van der Waals surface area (Å²) in [6.07, 6.45) is 7.96. The number of likely N-dealkylation sites (tertiary alicyclic amines) is 2. The molecule has 25 heavy (non-hydrogen) atoms. The third-order valence-corrected chi connectivity index (χ3v) is 5.28. The molecule has 0 aromatic carbocycles. The molecule has 1 atom stereocenters. The maximum absolute atomic E-state index is 5.75. The number of halogens is 1. The molecule has 0 radical (unpaired) electrons. The SMILES string of the molecule is CCNC(=NCCCN1CCCCC1C)N1CCC(OCC)CC1.I. The fourth-order valence-electron chi connectivity index (χ4n) is 3.84. The van der Waals surface area contributed by atoms with Crippen LogP contribution in [0.3, 0.4) is 0 Å². The topological polar surface area (TPSA) is 40.1 Å². The normalized spacial score (nSPS) is 23.4. The lowest BCUT2D eigenvalue weighted by molar-refractivity contribution is 0.0264. The summed E-state index contributed by atoms with van der Waals surface area (Å²) >= 11 is 0. The largest absolute Gasteiger partial charge is 0.378 e. The van der Waals surface area contributed by atoms with Crippen molar-refractivity contribution in [2.24, 2.45) is 4.99 Å². The van der Waals surface area contributed by atoms with E-state index in [0.717, 1.165) is 64.0 Å². The van der Waals surface area contributed by atoms with Gasteiger partial charge in [0.15, 0.2) is 5.96 Å². The van der Waals surface area contributed by atoms with Gasteiger partial charge in [0.25, 0.3) is 0 Å². The van der Waals surface area contributed by atoms with Crippen LogP contribution in [0.5, 0.6) is 0 Å². The third kappa shape index (κ3) is 7.99. The van der Waals surface area contributed by atoms with Gasteiger partial charge in [-0.15, -0.1) is 24.0 Å². The Labute approximate surface area is 172 Å². The Morgan fingerprint density at radius 2 is 1.88 bits per heavy atom. The Hall–Kier alpha value is -0.0800. The van der Waals surface area contributed by atoms with Crippen molar-refractivity contribution < 1.29 is 4.74 Å². The molecule has 0 aromatic rings. The van der Waals surface area contributed by atoms with Crippen LogP contribution in [0.1, 0.15) is 59.3 Å². The molecule has 0 spiro atoms. The number of guanidine groups is 1. The van der Waals surface area contributed by atoms with Gasteiger partial charge >= 0.3 is 0 Å². The molecular formula is C19H39IN4O. The molecule has 6 heteroatoms. The summed E-state index contributed by atoms with van der Waals surface area (Å²) in [6, 6.07) is 0.758. The minimum atomic E-state index is 0. The Balaban J connectivity index is 0.00000312. The van der Waals surface area contributed by atoms with E-state index in [4.69, 9.17) is 9.73 Å². The lowest BCUT2D eigenvalue weighted by Crippen LogP contribution is -2.47. The summed E-state index contributed by atoms with van der Waals surface area (Å²) in [5, 5.41) is 3.47. The van der Waals surface area contributed by atoms with Crippen LogP contribution in [-0.4, -0.2) is 73.8 Å². The average molecular weight is 466 g/mol. The maximum atomic E-state index is 5.75. The molecule has 0 saturated carbocycles. The Morgan fingerprint density at radius 3 is 2.52 bits per heavy atom. The van der Waals surface area contributed by atoms with Gasteiger partial charge in [-0.3, -0.25) is 4.99 Å². The van der Waals surface area contributed by atoms with Crippen molar-refractivity contribution in [2.75, 3.05) is 45.9 Å². The van der Waals surface area contributed by atoms with Crippen LogP contribution in [0.25, 0.3) is 0 Å². The van der Waals surface area contributed by atoms with Gasteiger partial charge in [-0.1, -0.05) is 6.42 Å². The van der Waals surface area contributed by atoms with Crippen molar-refractivity contribution in [3.8, 4) is 0 Å². The summed E-state index contributed by atoms with van der Waals surface area (Å²) in [6.45, 7) is 13.9. The zero-order valence-electron chi connectivity index (χ0n) is 16.5. The molecule has 0 bridgehead atoms. The molecule has 2 heterocycles. The molecule has 0 amide bonds. The van der Waals surface area contributed by atoms with E-state index in [0.29, 0.717) is 6.10 Å².